The zero-order valence-electron chi connectivity index (χ0n) is 10.9. The Kier molecular flexibility index (Phi) is 5.01. The second-order valence-electron chi connectivity index (χ2n) is 4.47. The van der Waals surface area contributed by atoms with E-state index < -0.39 is 24.2 Å². The molecule has 1 aliphatic heterocycles. The molecule has 2 atom stereocenters. The normalized spacial score (nSPS) is 21.4. The van der Waals surface area contributed by atoms with Gasteiger partial charge in [0.2, 0.25) is 6.10 Å². The maximum atomic E-state index is 12.6. The van der Waals surface area contributed by atoms with Gasteiger partial charge in [-0.2, -0.15) is 24.5 Å². The molecule has 0 radical (unpaired) electrons. The number of benzene rings is 1. The number of hydrogen-bond donors (Lipinski definition) is 0. The van der Waals surface area contributed by atoms with E-state index in [9.17, 15) is 18.0 Å². The summed E-state index contributed by atoms with van der Waals surface area (Å²) in [5.74, 6) is -1.72. The van der Waals surface area contributed by atoms with Crippen molar-refractivity contribution in [2.45, 2.75) is 24.6 Å². The molecule has 6 heteroatoms. The number of esters is 1. The van der Waals surface area contributed by atoms with Crippen molar-refractivity contribution in [1.82, 2.24) is 0 Å². The summed E-state index contributed by atoms with van der Waals surface area (Å²) in [4.78, 5) is 11.0. The summed E-state index contributed by atoms with van der Waals surface area (Å²) < 4.78 is 42.1. The summed E-state index contributed by atoms with van der Waals surface area (Å²) in [7, 11) is 0. The van der Waals surface area contributed by atoms with E-state index in [1.807, 2.05) is 22.9 Å². The van der Waals surface area contributed by atoms with Crippen molar-refractivity contribution < 1.29 is 22.7 Å². The lowest BCUT2D eigenvalue weighted by Gasteiger charge is -2.20. The molecule has 0 amide bonds. The van der Waals surface area contributed by atoms with E-state index >= 15 is 0 Å². The highest BCUT2D eigenvalue weighted by Crippen LogP contribution is 2.40. The topological polar surface area (TPSA) is 26.3 Å². The van der Waals surface area contributed by atoms with Crippen LogP contribution in [0, 0.1) is 0 Å². The van der Waals surface area contributed by atoms with Gasteiger partial charge < -0.3 is 4.74 Å². The highest BCUT2D eigenvalue weighted by atomic mass is 32.1. The average molecular weight is 314 g/mol. The molecule has 2 nitrogen and oxygen atoms in total. The first-order valence-corrected chi connectivity index (χ1v) is 7.21. The molecule has 1 saturated heterocycles. The molecule has 3 rings (SSSR count). The van der Waals surface area contributed by atoms with Gasteiger partial charge in [-0.1, -0.05) is 42.5 Å². The van der Waals surface area contributed by atoms with Gasteiger partial charge in [-0.25, -0.2) is 0 Å². The lowest BCUT2D eigenvalue weighted by molar-refractivity contribution is -0.212. The molecule has 0 saturated carbocycles. The molecule has 1 fully saturated rings. The second-order valence-corrected chi connectivity index (χ2v) is 5.28. The number of halogens is 3. The van der Waals surface area contributed by atoms with E-state index in [0.29, 0.717) is 5.56 Å². The quantitative estimate of drug-likeness (QED) is 0.729. The summed E-state index contributed by atoms with van der Waals surface area (Å²) in [5, 5.41) is 4.08. The molecule has 1 aromatic carbocycles. The van der Waals surface area contributed by atoms with Crippen LogP contribution in [-0.2, 0) is 9.53 Å². The minimum atomic E-state index is -4.51. The van der Waals surface area contributed by atoms with Crippen LogP contribution in [0.5, 0.6) is 0 Å². The molecule has 1 aliphatic rings. The Hall–Kier alpha value is -1.82. The van der Waals surface area contributed by atoms with E-state index in [-0.39, 0.29) is 6.42 Å². The summed E-state index contributed by atoms with van der Waals surface area (Å²) in [5.41, 5.74) is 0.482. The summed E-state index contributed by atoms with van der Waals surface area (Å²) in [6, 6.07) is 12.2. The number of thiophene rings is 1. The standard InChI is InChI=1S/C11H9F3O2.C4H4S/c12-11(13,14)10-8(6-9(15)16-10)7-4-2-1-3-5-7;1-2-4-5-3-1/h1-5,8,10H,6H2;1-4H. The van der Waals surface area contributed by atoms with Crippen molar-refractivity contribution in [1.29, 1.82) is 0 Å². The maximum Gasteiger partial charge on any atom is 0.426 e. The van der Waals surface area contributed by atoms with Crippen LogP contribution < -0.4 is 0 Å². The lowest BCUT2D eigenvalue weighted by atomic mass is 9.92. The average Bonchev–Trinajstić information content (AvgIpc) is 3.11. The van der Waals surface area contributed by atoms with Gasteiger partial charge in [-0.15, -0.1) is 0 Å². The minimum Gasteiger partial charge on any atom is -0.452 e. The van der Waals surface area contributed by atoms with E-state index in [4.69, 9.17) is 0 Å². The van der Waals surface area contributed by atoms with Crippen LogP contribution in [0.3, 0.4) is 0 Å². The zero-order chi connectivity index (χ0) is 15.3. The Balaban J connectivity index is 0.000000272. The number of ether oxygens (including phenoxy) is 1. The second kappa shape index (κ2) is 6.76. The molecule has 0 aliphatic carbocycles. The van der Waals surface area contributed by atoms with Crippen LogP contribution >= 0.6 is 11.3 Å². The molecule has 21 heavy (non-hydrogen) atoms. The van der Waals surface area contributed by atoms with Gasteiger partial charge in [-0.3, -0.25) is 4.79 Å². The molecule has 2 unspecified atom stereocenters. The Morgan fingerprint density at radius 3 is 2.14 bits per heavy atom. The monoisotopic (exact) mass is 314 g/mol. The van der Waals surface area contributed by atoms with Gasteiger partial charge in [-0.05, 0) is 16.3 Å². The molecule has 0 bridgehead atoms. The van der Waals surface area contributed by atoms with E-state index in [0.717, 1.165) is 0 Å². The fourth-order valence-electron chi connectivity index (χ4n) is 2.07. The first kappa shape index (κ1) is 15.6. The van der Waals surface area contributed by atoms with Crippen molar-refractivity contribution in [2.75, 3.05) is 0 Å². The van der Waals surface area contributed by atoms with E-state index in [1.54, 1.807) is 41.7 Å². The summed E-state index contributed by atoms with van der Waals surface area (Å²) >= 11 is 1.71. The maximum absolute atomic E-state index is 12.6. The van der Waals surface area contributed by atoms with Crippen molar-refractivity contribution in [3.8, 4) is 0 Å². The molecular formula is C15H13F3O2S. The largest absolute Gasteiger partial charge is 0.452 e. The van der Waals surface area contributed by atoms with Gasteiger partial charge in [0.05, 0.1) is 6.42 Å². The number of rotatable bonds is 1. The van der Waals surface area contributed by atoms with Crippen LogP contribution in [0.4, 0.5) is 13.2 Å². The highest BCUT2D eigenvalue weighted by Gasteiger charge is 2.52. The Labute approximate surface area is 124 Å². The molecule has 2 heterocycles. The number of alkyl halides is 3. The van der Waals surface area contributed by atoms with Crippen LogP contribution in [0.15, 0.2) is 53.2 Å². The predicted molar refractivity (Wildman–Crippen MR) is 74.1 cm³/mol. The SMILES string of the molecule is O=C1CC(c2ccccc2)C(C(F)(F)F)O1.c1ccsc1. The number of cyclic esters (lactones) is 1. The van der Waals surface area contributed by atoms with Crippen molar-refractivity contribution >= 4 is 17.3 Å². The van der Waals surface area contributed by atoms with Crippen molar-refractivity contribution in [3.05, 3.63) is 58.8 Å². The van der Waals surface area contributed by atoms with Gasteiger partial charge in [0.15, 0.2) is 0 Å². The van der Waals surface area contributed by atoms with Crippen LogP contribution in [0.25, 0.3) is 0 Å². The molecular weight excluding hydrogens is 301 g/mol. The van der Waals surface area contributed by atoms with Crippen molar-refractivity contribution in [2.24, 2.45) is 0 Å². The van der Waals surface area contributed by atoms with Crippen molar-refractivity contribution in [3.63, 3.8) is 0 Å². The molecule has 1 aromatic heterocycles. The van der Waals surface area contributed by atoms with Gasteiger partial charge in [0.1, 0.15) is 0 Å². The first-order chi connectivity index (χ1) is 9.98. The minimum absolute atomic E-state index is 0.214. The van der Waals surface area contributed by atoms with E-state index in [1.165, 1.54) is 0 Å². The van der Waals surface area contributed by atoms with Crippen LogP contribution in [0.1, 0.15) is 17.9 Å². The lowest BCUT2D eigenvalue weighted by Crippen LogP contribution is -2.32. The molecule has 0 N–H and O–H groups in total. The molecule has 0 spiro atoms. The molecule has 2 aromatic rings. The smallest absolute Gasteiger partial charge is 0.426 e. The number of carbonyl (C=O) groups excluding carboxylic acids is 1. The Morgan fingerprint density at radius 2 is 1.67 bits per heavy atom. The highest BCUT2D eigenvalue weighted by molar-refractivity contribution is 7.07. The third-order valence-corrected chi connectivity index (χ3v) is 3.61. The molecule has 112 valence electrons. The van der Waals surface area contributed by atoms with Gasteiger partial charge in [0, 0.05) is 5.92 Å². The summed E-state index contributed by atoms with van der Waals surface area (Å²) in [6.45, 7) is 0. The number of hydrogen-bond acceptors (Lipinski definition) is 3. The fourth-order valence-corrected chi connectivity index (χ4v) is 2.53. The van der Waals surface area contributed by atoms with Gasteiger partial charge >= 0.3 is 12.1 Å². The summed E-state index contributed by atoms with van der Waals surface area (Å²) in [6.07, 6.45) is -6.73. The number of carbonyl (C=O) groups is 1. The fraction of sp³-hybridized carbons (Fsp3) is 0.267. The Bertz CT molecular complexity index is 535. The van der Waals surface area contributed by atoms with Crippen LogP contribution in [0.2, 0.25) is 0 Å². The first-order valence-electron chi connectivity index (χ1n) is 6.27. The van der Waals surface area contributed by atoms with E-state index in [2.05, 4.69) is 4.74 Å². The zero-order valence-corrected chi connectivity index (χ0v) is 11.7. The third kappa shape index (κ3) is 4.32. The van der Waals surface area contributed by atoms with Crippen LogP contribution in [-0.4, -0.2) is 18.2 Å². The van der Waals surface area contributed by atoms with Gasteiger partial charge in [0.25, 0.3) is 0 Å². The Morgan fingerprint density at radius 1 is 1.05 bits per heavy atom. The predicted octanol–water partition coefficient (Wildman–Crippen LogP) is 4.40. The third-order valence-electron chi connectivity index (χ3n) is 2.99.